The van der Waals surface area contributed by atoms with Crippen molar-refractivity contribution in [3.8, 4) is 0 Å². The van der Waals surface area contributed by atoms with Crippen LogP contribution in [0, 0.1) is 5.92 Å². The molecule has 0 bridgehead atoms. The first-order valence-corrected chi connectivity index (χ1v) is 5.05. The van der Waals surface area contributed by atoms with Crippen LogP contribution in [-0.2, 0) is 4.74 Å². The van der Waals surface area contributed by atoms with E-state index in [1.54, 1.807) is 13.8 Å². The predicted molar refractivity (Wildman–Crippen MR) is 51.7 cm³/mol. The quantitative estimate of drug-likeness (QED) is 0.442. The molecule has 0 heterocycles. The Hall–Kier alpha value is 0.610. The summed E-state index contributed by atoms with van der Waals surface area (Å²) in [5.41, 5.74) is 0. The highest BCUT2D eigenvalue weighted by Gasteiger charge is 2.15. The second kappa shape index (κ2) is 5.29. The molecule has 0 saturated carbocycles. The number of ether oxygens (including phenoxy) is 1. The van der Waals surface area contributed by atoms with E-state index in [1.165, 1.54) is 0 Å². The number of halogens is 1. The summed E-state index contributed by atoms with van der Waals surface area (Å²) >= 11 is 2.18. The van der Waals surface area contributed by atoms with Crippen LogP contribution in [0.5, 0.6) is 0 Å². The minimum atomic E-state index is -1.08. The second-order valence-electron chi connectivity index (χ2n) is 2.96. The average Bonchev–Trinajstić information content (AvgIpc) is 1.88. The maximum absolute atomic E-state index is 9.15. The van der Waals surface area contributed by atoms with E-state index < -0.39 is 5.79 Å². The molecule has 2 N–H and O–H groups in total. The van der Waals surface area contributed by atoms with Gasteiger partial charge < -0.3 is 14.9 Å². The summed E-state index contributed by atoms with van der Waals surface area (Å²) in [6.45, 7) is 3.67. The van der Waals surface area contributed by atoms with Crippen molar-refractivity contribution in [2.75, 3.05) is 17.6 Å². The van der Waals surface area contributed by atoms with E-state index >= 15 is 0 Å². The topological polar surface area (TPSA) is 49.7 Å². The van der Waals surface area contributed by atoms with Gasteiger partial charge in [0.2, 0.25) is 0 Å². The summed E-state index contributed by atoms with van der Waals surface area (Å²) in [6, 6.07) is 0. The molecule has 0 spiro atoms. The molecule has 1 atom stereocenters. The molecule has 1 unspecified atom stereocenters. The Morgan fingerprint density at radius 3 is 2.36 bits per heavy atom. The molecule has 0 aliphatic heterocycles. The molecule has 4 heteroatoms. The first-order valence-electron chi connectivity index (χ1n) is 3.52. The van der Waals surface area contributed by atoms with E-state index in [0.29, 0.717) is 6.61 Å². The fourth-order valence-electron chi connectivity index (χ4n) is 0.468. The summed E-state index contributed by atoms with van der Waals surface area (Å²) < 4.78 is 5.90. The normalized spacial score (nSPS) is 15.0. The first-order chi connectivity index (χ1) is 4.99. The van der Waals surface area contributed by atoms with Crippen molar-refractivity contribution in [2.24, 2.45) is 5.92 Å². The summed E-state index contributed by atoms with van der Waals surface area (Å²) in [6.07, 6.45) is 0. The third kappa shape index (κ3) is 6.99. The molecular weight excluding hydrogens is 259 g/mol. The Labute approximate surface area is 80.9 Å². The van der Waals surface area contributed by atoms with Gasteiger partial charge in [0.05, 0.1) is 6.61 Å². The van der Waals surface area contributed by atoms with Gasteiger partial charge in [-0.05, 0) is 13.8 Å². The molecular formula is C7H15IO3. The van der Waals surface area contributed by atoms with Gasteiger partial charge in [-0.1, -0.05) is 22.6 Å². The van der Waals surface area contributed by atoms with Crippen LogP contribution < -0.4 is 0 Å². The Kier molecular flexibility index (Phi) is 5.58. The zero-order valence-electron chi connectivity index (χ0n) is 6.88. The summed E-state index contributed by atoms with van der Waals surface area (Å²) in [5, 5.41) is 17.9. The first kappa shape index (κ1) is 11.6. The Bertz CT molecular complexity index is 96.3. The summed E-state index contributed by atoms with van der Waals surface area (Å²) in [5.74, 6) is -0.957. The highest BCUT2D eigenvalue weighted by molar-refractivity contribution is 14.1. The maximum atomic E-state index is 9.15. The van der Waals surface area contributed by atoms with Gasteiger partial charge in [-0.25, -0.2) is 0 Å². The van der Waals surface area contributed by atoms with Crippen LogP contribution in [0.15, 0.2) is 0 Å². The lowest BCUT2D eigenvalue weighted by atomic mass is 10.2. The molecule has 0 radical (unpaired) electrons. The highest BCUT2D eigenvalue weighted by Crippen LogP contribution is 2.08. The van der Waals surface area contributed by atoms with Crippen LogP contribution in [-0.4, -0.2) is 33.6 Å². The SMILES string of the molecule is CC(C)(O)OCC(CO)CI. The third-order valence-corrected chi connectivity index (χ3v) is 2.39. The molecule has 0 fully saturated rings. The van der Waals surface area contributed by atoms with Gasteiger partial charge in [-0.2, -0.15) is 0 Å². The number of aliphatic hydroxyl groups is 2. The summed E-state index contributed by atoms with van der Waals surface area (Å²) in [7, 11) is 0. The second-order valence-corrected chi connectivity index (χ2v) is 3.84. The van der Waals surface area contributed by atoms with Crippen LogP contribution in [0.25, 0.3) is 0 Å². The van der Waals surface area contributed by atoms with Gasteiger partial charge in [-0.15, -0.1) is 0 Å². The van der Waals surface area contributed by atoms with Crippen LogP contribution in [0.3, 0.4) is 0 Å². The average molecular weight is 274 g/mol. The number of alkyl halides is 1. The van der Waals surface area contributed by atoms with Crippen LogP contribution in [0.2, 0.25) is 0 Å². The molecule has 0 rings (SSSR count). The zero-order chi connectivity index (χ0) is 8.91. The highest BCUT2D eigenvalue weighted by atomic mass is 127. The minimum absolute atomic E-state index is 0.110. The smallest absolute Gasteiger partial charge is 0.159 e. The molecule has 68 valence electrons. The lowest BCUT2D eigenvalue weighted by molar-refractivity contribution is -0.183. The molecule has 11 heavy (non-hydrogen) atoms. The van der Waals surface area contributed by atoms with Gasteiger partial charge >= 0.3 is 0 Å². The van der Waals surface area contributed by atoms with Gasteiger partial charge in [-0.3, -0.25) is 0 Å². The van der Waals surface area contributed by atoms with E-state index in [1.807, 2.05) is 0 Å². The molecule has 0 amide bonds. The number of hydrogen-bond acceptors (Lipinski definition) is 3. The predicted octanol–water partition coefficient (Wildman–Crippen LogP) is 0.775. The van der Waals surface area contributed by atoms with Crippen molar-refractivity contribution < 1.29 is 14.9 Å². The fraction of sp³-hybridized carbons (Fsp3) is 1.00. The molecule has 0 saturated heterocycles. The standard InChI is InChI=1S/C7H15IO3/c1-7(2,10)11-5-6(3-8)4-9/h6,9-10H,3-5H2,1-2H3. The number of rotatable bonds is 5. The van der Waals surface area contributed by atoms with Crippen molar-refractivity contribution in [1.82, 2.24) is 0 Å². The van der Waals surface area contributed by atoms with Gasteiger partial charge in [0.25, 0.3) is 0 Å². The Morgan fingerprint density at radius 2 is 2.09 bits per heavy atom. The van der Waals surface area contributed by atoms with Crippen molar-refractivity contribution >= 4 is 22.6 Å². The van der Waals surface area contributed by atoms with Crippen molar-refractivity contribution in [3.63, 3.8) is 0 Å². The fourth-order valence-corrected chi connectivity index (χ4v) is 1.00. The maximum Gasteiger partial charge on any atom is 0.159 e. The third-order valence-electron chi connectivity index (χ3n) is 1.15. The van der Waals surface area contributed by atoms with Crippen molar-refractivity contribution in [1.29, 1.82) is 0 Å². The summed E-state index contributed by atoms with van der Waals surface area (Å²) in [4.78, 5) is 0. The Morgan fingerprint density at radius 1 is 1.55 bits per heavy atom. The molecule has 0 aliphatic rings. The van der Waals surface area contributed by atoms with Gasteiger partial charge in [0.1, 0.15) is 0 Å². The lowest BCUT2D eigenvalue weighted by Gasteiger charge is -2.20. The van der Waals surface area contributed by atoms with E-state index in [0.717, 1.165) is 4.43 Å². The largest absolute Gasteiger partial charge is 0.396 e. The number of hydrogen-bond donors (Lipinski definition) is 2. The molecule has 0 aliphatic carbocycles. The van der Waals surface area contributed by atoms with E-state index in [9.17, 15) is 0 Å². The van der Waals surface area contributed by atoms with Crippen molar-refractivity contribution in [3.05, 3.63) is 0 Å². The van der Waals surface area contributed by atoms with Crippen molar-refractivity contribution in [2.45, 2.75) is 19.6 Å². The molecule has 0 aromatic rings. The number of aliphatic hydroxyl groups excluding tert-OH is 1. The van der Waals surface area contributed by atoms with Crippen LogP contribution in [0.4, 0.5) is 0 Å². The zero-order valence-corrected chi connectivity index (χ0v) is 9.04. The van der Waals surface area contributed by atoms with E-state index in [-0.39, 0.29) is 12.5 Å². The van der Waals surface area contributed by atoms with Crippen LogP contribution in [0.1, 0.15) is 13.8 Å². The Balaban J connectivity index is 3.51. The lowest BCUT2D eigenvalue weighted by Crippen LogP contribution is -2.28. The monoisotopic (exact) mass is 274 g/mol. The molecule has 3 nitrogen and oxygen atoms in total. The molecule has 0 aromatic carbocycles. The minimum Gasteiger partial charge on any atom is -0.396 e. The van der Waals surface area contributed by atoms with E-state index in [4.69, 9.17) is 14.9 Å². The van der Waals surface area contributed by atoms with Gasteiger partial charge in [0, 0.05) is 17.0 Å². The molecule has 0 aromatic heterocycles. The van der Waals surface area contributed by atoms with E-state index in [2.05, 4.69) is 22.6 Å². The van der Waals surface area contributed by atoms with Gasteiger partial charge in [0.15, 0.2) is 5.79 Å². The van der Waals surface area contributed by atoms with Crippen LogP contribution >= 0.6 is 22.6 Å².